The van der Waals surface area contributed by atoms with Gasteiger partial charge in [-0.3, -0.25) is 9.59 Å². The molecule has 1 saturated heterocycles. The highest BCUT2D eigenvalue weighted by atomic mass is 32.2. The van der Waals surface area contributed by atoms with E-state index in [9.17, 15) is 14.4 Å². The third-order valence-electron chi connectivity index (χ3n) is 3.86. The molecule has 6 heteroatoms. The molecule has 5 nitrogen and oxygen atoms in total. The third kappa shape index (κ3) is 3.34. The minimum atomic E-state index is -1.01. The van der Waals surface area contributed by atoms with E-state index in [0.29, 0.717) is 22.6 Å². The summed E-state index contributed by atoms with van der Waals surface area (Å²) in [6, 6.07) is 13.5. The Morgan fingerprint density at radius 1 is 1.12 bits per heavy atom. The van der Waals surface area contributed by atoms with Crippen LogP contribution in [0.2, 0.25) is 0 Å². The first-order chi connectivity index (χ1) is 12.0. The minimum Gasteiger partial charge on any atom is -0.478 e. The zero-order chi connectivity index (χ0) is 18.0. The fraction of sp³-hybridized carbons (Fsp3) is 0.105. The molecule has 0 atom stereocenters. The second kappa shape index (κ2) is 6.94. The van der Waals surface area contributed by atoms with Crippen molar-refractivity contribution in [3.05, 3.63) is 70.1 Å². The molecule has 0 unspecified atom stereocenters. The molecular weight excluding hydrogens is 338 g/mol. The molecule has 0 saturated carbocycles. The zero-order valence-electron chi connectivity index (χ0n) is 13.4. The summed E-state index contributed by atoms with van der Waals surface area (Å²) >= 11 is 0.883. The maximum absolute atomic E-state index is 12.7. The number of aromatic carboxylic acids is 1. The molecule has 126 valence electrons. The van der Waals surface area contributed by atoms with Gasteiger partial charge >= 0.3 is 5.97 Å². The van der Waals surface area contributed by atoms with Crippen LogP contribution in [0.15, 0.2) is 53.4 Å². The fourth-order valence-corrected chi connectivity index (χ4v) is 3.41. The summed E-state index contributed by atoms with van der Waals surface area (Å²) in [5.41, 5.74) is 2.37. The molecule has 0 aliphatic carbocycles. The third-order valence-corrected chi connectivity index (χ3v) is 4.73. The highest BCUT2D eigenvalue weighted by molar-refractivity contribution is 8.19. The molecule has 0 radical (unpaired) electrons. The number of carbonyl (C=O) groups is 3. The van der Waals surface area contributed by atoms with Crippen molar-refractivity contribution in [3.8, 4) is 0 Å². The van der Waals surface area contributed by atoms with E-state index in [-0.39, 0.29) is 16.7 Å². The van der Waals surface area contributed by atoms with E-state index in [2.05, 4.69) is 0 Å². The van der Waals surface area contributed by atoms with Gasteiger partial charge in [-0.25, -0.2) is 9.69 Å². The number of carbonyl (C=O) groups excluding carboxylic acids is 2. The van der Waals surface area contributed by atoms with Crippen LogP contribution in [0.4, 0.5) is 10.5 Å². The zero-order valence-corrected chi connectivity index (χ0v) is 14.2. The van der Waals surface area contributed by atoms with Crippen LogP contribution < -0.4 is 4.90 Å². The number of hydrogen-bond acceptors (Lipinski definition) is 4. The van der Waals surface area contributed by atoms with E-state index in [1.165, 1.54) is 17.0 Å². The van der Waals surface area contributed by atoms with Crippen molar-refractivity contribution in [1.82, 2.24) is 0 Å². The van der Waals surface area contributed by atoms with Crippen LogP contribution >= 0.6 is 11.8 Å². The molecule has 1 N–H and O–H groups in total. The highest BCUT2D eigenvalue weighted by Crippen LogP contribution is 2.37. The second-order valence-corrected chi connectivity index (χ2v) is 6.42. The van der Waals surface area contributed by atoms with Gasteiger partial charge in [0.2, 0.25) is 0 Å². The average Bonchev–Trinajstić information content (AvgIpc) is 2.89. The lowest BCUT2D eigenvalue weighted by molar-refractivity contribution is -0.113. The van der Waals surface area contributed by atoms with Gasteiger partial charge in [0.05, 0.1) is 16.2 Å². The van der Waals surface area contributed by atoms with Gasteiger partial charge in [-0.2, -0.15) is 0 Å². The molecule has 25 heavy (non-hydrogen) atoms. The van der Waals surface area contributed by atoms with Crippen molar-refractivity contribution in [2.24, 2.45) is 0 Å². The van der Waals surface area contributed by atoms with Crippen molar-refractivity contribution < 1.29 is 19.5 Å². The second-order valence-electron chi connectivity index (χ2n) is 5.43. The number of anilines is 1. The average molecular weight is 353 g/mol. The van der Waals surface area contributed by atoms with Crippen molar-refractivity contribution in [2.75, 3.05) is 4.90 Å². The lowest BCUT2D eigenvalue weighted by Gasteiger charge is -2.16. The minimum absolute atomic E-state index is 0.169. The van der Waals surface area contributed by atoms with E-state index in [1.54, 1.807) is 30.3 Å². The van der Waals surface area contributed by atoms with Crippen molar-refractivity contribution in [2.45, 2.75) is 13.3 Å². The molecule has 1 aliphatic heterocycles. The largest absolute Gasteiger partial charge is 0.478 e. The number of hydrogen-bond donors (Lipinski definition) is 1. The standard InChI is InChI=1S/C19H15NO4S/c1-2-13-5-3-4-6-15(13)20-17(21)16(25-19(20)24)11-12-7-9-14(10-8-12)18(22)23/h3-11H,2H2,1H3,(H,22,23)/b16-11-. The summed E-state index contributed by atoms with van der Waals surface area (Å²) in [5.74, 6) is -1.37. The van der Waals surface area contributed by atoms with Gasteiger partial charge < -0.3 is 5.11 Å². The van der Waals surface area contributed by atoms with E-state index in [4.69, 9.17) is 5.11 Å². The normalized spacial score (nSPS) is 15.9. The smallest absolute Gasteiger partial charge is 0.335 e. The number of nitrogens with zero attached hydrogens (tertiary/aromatic N) is 1. The Balaban J connectivity index is 1.92. The van der Waals surface area contributed by atoms with Crippen molar-refractivity contribution >= 4 is 40.6 Å². The van der Waals surface area contributed by atoms with Crippen LogP contribution in [-0.4, -0.2) is 22.2 Å². The molecule has 3 rings (SSSR count). The van der Waals surface area contributed by atoms with Crippen molar-refractivity contribution in [1.29, 1.82) is 0 Å². The number of rotatable bonds is 4. The molecule has 2 amide bonds. The molecule has 0 aromatic heterocycles. The summed E-state index contributed by atoms with van der Waals surface area (Å²) in [7, 11) is 0. The van der Waals surface area contributed by atoms with E-state index < -0.39 is 5.97 Å². The van der Waals surface area contributed by atoms with Gasteiger partial charge in [-0.05, 0) is 53.6 Å². The van der Waals surface area contributed by atoms with E-state index in [0.717, 1.165) is 17.3 Å². The maximum Gasteiger partial charge on any atom is 0.335 e. The topological polar surface area (TPSA) is 74.7 Å². The predicted molar refractivity (Wildman–Crippen MR) is 97.7 cm³/mol. The summed E-state index contributed by atoms with van der Waals surface area (Å²) in [6.07, 6.45) is 2.32. The Hall–Kier alpha value is -2.86. The first kappa shape index (κ1) is 17.0. The number of carboxylic acid groups (broad SMARTS) is 1. The Morgan fingerprint density at radius 3 is 2.44 bits per heavy atom. The number of carboxylic acids is 1. The van der Waals surface area contributed by atoms with Crippen LogP contribution in [0.5, 0.6) is 0 Å². The van der Waals surface area contributed by atoms with Gasteiger partial charge in [-0.1, -0.05) is 37.3 Å². The Bertz CT molecular complexity index is 887. The first-order valence-corrected chi connectivity index (χ1v) is 8.52. The van der Waals surface area contributed by atoms with Gasteiger partial charge in [0.25, 0.3) is 11.1 Å². The number of benzene rings is 2. The summed E-state index contributed by atoms with van der Waals surface area (Å²) in [5, 5.41) is 8.59. The van der Waals surface area contributed by atoms with Gasteiger partial charge in [-0.15, -0.1) is 0 Å². The summed E-state index contributed by atoms with van der Waals surface area (Å²) < 4.78 is 0. The summed E-state index contributed by atoms with van der Waals surface area (Å²) in [6.45, 7) is 1.97. The van der Waals surface area contributed by atoms with E-state index >= 15 is 0 Å². The molecular formula is C19H15NO4S. The SMILES string of the molecule is CCc1ccccc1N1C(=O)S/C(=C\c2ccc(C(=O)O)cc2)C1=O. The quantitative estimate of drug-likeness (QED) is 0.834. The van der Waals surface area contributed by atoms with Gasteiger partial charge in [0, 0.05) is 0 Å². The number of para-hydroxylation sites is 1. The Kier molecular flexibility index (Phi) is 4.72. The van der Waals surface area contributed by atoms with Crippen LogP contribution in [0.25, 0.3) is 6.08 Å². The number of aryl methyl sites for hydroxylation is 1. The Labute approximate surface area is 149 Å². The lowest BCUT2D eigenvalue weighted by atomic mass is 10.1. The molecule has 1 heterocycles. The number of imide groups is 1. The summed E-state index contributed by atoms with van der Waals surface area (Å²) in [4.78, 5) is 37.4. The number of thioether (sulfide) groups is 1. The lowest BCUT2D eigenvalue weighted by Crippen LogP contribution is -2.28. The van der Waals surface area contributed by atoms with Crippen molar-refractivity contribution in [3.63, 3.8) is 0 Å². The monoisotopic (exact) mass is 353 g/mol. The molecule has 2 aromatic carbocycles. The van der Waals surface area contributed by atoms with Gasteiger partial charge in [0.15, 0.2) is 0 Å². The van der Waals surface area contributed by atoms with Crippen LogP contribution in [-0.2, 0) is 11.2 Å². The van der Waals surface area contributed by atoms with Crippen LogP contribution in [0, 0.1) is 0 Å². The molecule has 1 fully saturated rings. The first-order valence-electron chi connectivity index (χ1n) is 7.70. The molecule has 1 aliphatic rings. The van der Waals surface area contributed by atoms with Crippen LogP contribution in [0.1, 0.15) is 28.4 Å². The maximum atomic E-state index is 12.7. The molecule has 0 spiro atoms. The molecule has 2 aromatic rings. The number of amides is 2. The highest BCUT2D eigenvalue weighted by Gasteiger charge is 2.37. The Morgan fingerprint density at radius 2 is 1.80 bits per heavy atom. The molecule has 0 bridgehead atoms. The predicted octanol–water partition coefficient (Wildman–Crippen LogP) is 4.19. The van der Waals surface area contributed by atoms with Gasteiger partial charge in [0.1, 0.15) is 0 Å². The van der Waals surface area contributed by atoms with E-state index in [1.807, 2.05) is 19.1 Å². The fourth-order valence-electron chi connectivity index (χ4n) is 2.58. The van der Waals surface area contributed by atoms with Crippen LogP contribution in [0.3, 0.4) is 0 Å².